The number of terminal acetylenes is 1. The van der Waals surface area contributed by atoms with Gasteiger partial charge in [-0.05, 0) is 12.8 Å². The third-order valence-corrected chi connectivity index (χ3v) is 2.55. The Morgan fingerprint density at radius 3 is 3.13 bits per heavy atom. The van der Waals surface area contributed by atoms with Crippen LogP contribution < -0.4 is 5.32 Å². The third kappa shape index (κ3) is 3.54. The first-order valence-corrected chi connectivity index (χ1v) is 5.12. The number of rotatable bonds is 4. The lowest BCUT2D eigenvalue weighted by Crippen LogP contribution is -2.46. The van der Waals surface area contributed by atoms with E-state index in [4.69, 9.17) is 15.9 Å². The first-order chi connectivity index (χ1) is 7.29. The van der Waals surface area contributed by atoms with E-state index in [9.17, 15) is 4.79 Å². The monoisotopic (exact) mass is 211 g/mol. The first-order valence-electron chi connectivity index (χ1n) is 5.12. The van der Waals surface area contributed by atoms with Gasteiger partial charge >= 0.3 is 5.97 Å². The van der Waals surface area contributed by atoms with Crippen molar-refractivity contribution in [3.05, 3.63) is 0 Å². The number of ether oxygens (including phenoxy) is 2. The van der Waals surface area contributed by atoms with E-state index in [1.165, 1.54) is 7.11 Å². The maximum atomic E-state index is 11.5. The standard InChI is InChI=1S/C11H17NO3/c1-3-6-12-10(11(13)14-2)9-5-4-7-15-8-9/h1,9-10,12H,4-8H2,2H3. The van der Waals surface area contributed by atoms with Gasteiger partial charge < -0.3 is 9.47 Å². The molecule has 0 saturated carbocycles. The van der Waals surface area contributed by atoms with Gasteiger partial charge in [-0.25, -0.2) is 0 Å². The minimum Gasteiger partial charge on any atom is -0.468 e. The molecule has 2 atom stereocenters. The fourth-order valence-corrected chi connectivity index (χ4v) is 1.77. The van der Waals surface area contributed by atoms with E-state index in [-0.39, 0.29) is 17.9 Å². The Morgan fingerprint density at radius 2 is 2.60 bits per heavy atom. The van der Waals surface area contributed by atoms with Gasteiger partial charge in [-0.2, -0.15) is 0 Å². The summed E-state index contributed by atoms with van der Waals surface area (Å²) >= 11 is 0. The van der Waals surface area contributed by atoms with Crippen molar-refractivity contribution < 1.29 is 14.3 Å². The van der Waals surface area contributed by atoms with Crippen molar-refractivity contribution in [2.24, 2.45) is 5.92 Å². The normalized spacial score (nSPS) is 22.8. The van der Waals surface area contributed by atoms with Crippen LogP contribution in [0.25, 0.3) is 0 Å². The molecule has 1 rings (SSSR count). The van der Waals surface area contributed by atoms with Crippen molar-refractivity contribution in [2.75, 3.05) is 26.9 Å². The molecule has 0 aromatic carbocycles. The highest BCUT2D eigenvalue weighted by Crippen LogP contribution is 2.18. The van der Waals surface area contributed by atoms with Crippen LogP contribution in [0.3, 0.4) is 0 Å². The molecule has 1 N–H and O–H groups in total. The predicted octanol–water partition coefficient (Wildman–Crippen LogP) is 0.177. The van der Waals surface area contributed by atoms with Gasteiger partial charge in [0.1, 0.15) is 6.04 Å². The van der Waals surface area contributed by atoms with Crippen molar-refractivity contribution in [1.82, 2.24) is 5.32 Å². The molecule has 4 heteroatoms. The molecule has 0 aromatic heterocycles. The topological polar surface area (TPSA) is 47.6 Å². The molecule has 0 bridgehead atoms. The van der Waals surface area contributed by atoms with Crippen LogP contribution in [0.2, 0.25) is 0 Å². The second-order valence-electron chi connectivity index (χ2n) is 3.56. The van der Waals surface area contributed by atoms with Crippen LogP contribution in [0.15, 0.2) is 0 Å². The predicted molar refractivity (Wildman–Crippen MR) is 56.2 cm³/mol. The van der Waals surface area contributed by atoms with E-state index in [2.05, 4.69) is 11.2 Å². The number of carbonyl (C=O) groups excluding carboxylic acids is 1. The number of esters is 1. The number of hydrogen-bond acceptors (Lipinski definition) is 4. The second-order valence-corrected chi connectivity index (χ2v) is 3.56. The van der Waals surface area contributed by atoms with Crippen molar-refractivity contribution in [2.45, 2.75) is 18.9 Å². The lowest BCUT2D eigenvalue weighted by molar-refractivity contribution is -0.146. The lowest BCUT2D eigenvalue weighted by atomic mass is 9.93. The Labute approximate surface area is 90.3 Å². The summed E-state index contributed by atoms with van der Waals surface area (Å²) in [5, 5.41) is 3.00. The van der Waals surface area contributed by atoms with Gasteiger partial charge in [-0.1, -0.05) is 5.92 Å². The van der Waals surface area contributed by atoms with Crippen LogP contribution in [0, 0.1) is 18.3 Å². The Morgan fingerprint density at radius 1 is 1.80 bits per heavy atom. The van der Waals surface area contributed by atoms with E-state index >= 15 is 0 Å². The van der Waals surface area contributed by atoms with E-state index in [0.717, 1.165) is 19.4 Å². The maximum Gasteiger partial charge on any atom is 0.323 e. The van der Waals surface area contributed by atoms with Crippen LogP contribution in [0.5, 0.6) is 0 Å². The number of methoxy groups -OCH3 is 1. The van der Waals surface area contributed by atoms with Crippen molar-refractivity contribution in [3.8, 4) is 12.3 Å². The molecule has 1 saturated heterocycles. The molecule has 15 heavy (non-hydrogen) atoms. The number of nitrogens with one attached hydrogen (secondary N) is 1. The first kappa shape index (κ1) is 12.0. The van der Waals surface area contributed by atoms with Crippen LogP contribution in [0.4, 0.5) is 0 Å². The summed E-state index contributed by atoms with van der Waals surface area (Å²) in [5.74, 6) is 2.36. The molecule has 2 unspecified atom stereocenters. The molecule has 1 aliphatic rings. The zero-order chi connectivity index (χ0) is 11.1. The molecular weight excluding hydrogens is 194 g/mol. The quantitative estimate of drug-likeness (QED) is 0.532. The van der Waals surface area contributed by atoms with Gasteiger partial charge in [0.2, 0.25) is 0 Å². The molecule has 84 valence electrons. The van der Waals surface area contributed by atoms with E-state index in [0.29, 0.717) is 13.2 Å². The summed E-state index contributed by atoms with van der Waals surface area (Å²) in [5.41, 5.74) is 0. The van der Waals surface area contributed by atoms with Crippen LogP contribution in [0.1, 0.15) is 12.8 Å². The minimum atomic E-state index is -0.341. The van der Waals surface area contributed by atoms with Crippen LogP contribution in [-0.4, -0.2) is 38.9 Å². The van der Waals surface area contributed by atoms with Crippen molar-refractivity contribution in [3.63, 3.8) is 0 Å². The van der Waals surface area contributed by atoms with E-state index in [1.807, 2.05) is 0 Å². The molecule has 0 radical (unpaired) electrons. The van der Waals surface area contributed by atoms with Crippen molar-refractivity contribution >= 4 is 5.97 Å². The van der Waals surface area contributed by atoms with Gasteiger partial charge in [0.05, 0.1) is 20.3 Å². The van der Waals surface area contributed by atoms with Crippen LogP contribution >= 0.6 is 0 Å². The molecular formula is C11H17NO3. The Hall–Kier alpha value is -1.05. The third-order valence-electron chi connectivity index (χ3n) is 2.55. The van der Waals surface area contributed by atoms with Gasteiger partial charge in [0, 0.05) is 12.5 Å². The zero-order valence-corrected chi connectivity index (χ0v) is 8.99. The molecule has 0 spiro atoms. The average Bonchev–Trinajstić information content (AvgIpc) is 2.30. The fourth-order valence-electron chi connectivity index (χ4n) is 1.77. The number of carbonyl (C=O) groups is 1. The largest absolute Gasteiger partial charge is 0.468 e. The van der Waals surface area contributed by atoms with Gasteiger partial charge in [-0.15, -0.1) is 6.42 Å². The Kier molecular flexibility index (Phi) is 5.16. The summed E-state index contributed by atoms with van der Waals surface area (Å²) in [6, 6.07) is -0.341. The maximum absolute atomic E-state index is 11.5. The Balaban J connectivity index is 2.53. The summed E-state index contributed by atoms with van der Waals surface area (Å²) in [4.78, 5) is 11.5. The smallest absolute Gasteiger partial charge is 0.323 e. The highest BCUT2D eigenvalue weighted by Gasteiger charge is 2.30. The van der Waals surface area contributed by atoms with Gasteiger partial charge in [-0.3, -0.25) is 10.1 Å². The molecule has 0 aromatic rings. The molecule has 0 amide bonds. The fraction of sp³-hybridized carbons (Fsp3) is 0.727. The molecule has 0 aliphatic carbocycles. The highest BCUT2D eigenvalue weighted by molar-refractivity contribution is 5.76. The molecule has 1 fully saturated rings. The lowest BCUT2D eigenvalue weighted by Gasteiger charge is -2.28. The molecule has 4 nitrogen and oxygen atoms in total. The number of hydrogen-bond donors (Lipinski definition) is 1. The van der Waals surface area contributed by atoms with Gasteiger partial charge in [0.15, 0.2) is 0 Å². The van der Waals surface area contributed by atoms with E-state index < -0.39 is 0 Å². The SMILES string of the molecule is C#CCNC(C(=O)OC)C1CCCOC1. The Bertz CT molecular complexity index is 241. The minimum absolute atomic E-state index is 0.166. The molecule has 1 heterocycles. The second kappa shape index (κ2) is 6.44. The summed E-state index contributed by atoms with van der Waals surface area (Å²) in [6.07, 6.45) is 7.10. The van der Waals surface area contributed by atoms with Crippen molar-refractivity contribution in [1.29, 1.82) is 0 Å². The summed E-state index contributed by atoms with van der Waals surface area (Å²) in [6.45, 7) is 1.74. The summed E-state index contributed by atoms with van der Waals surface area (Å²) in [7, 11) is 1.39. The average molecular weight is 211 g/mol. The highest BCUT2D eigenvalue weighted by atomic mass is 16.5. The van der Waals surface area contributed by atoms with E-state index in [1.54, 1.807) is 0 Å². The molecule has 1 aliphatic heterocycles. The van der Waals surface area contributed by atoms with Gasteiger partial charge in [0.25, 0.3) is 0 Å². The van der Waals surface area contributed by atoms with Crippen LogP contribution in [-0.2, 0) is 14.3 Å². The summed E-state index contributed by atoms with van der Waals surface area (Å²) < 4.78 is 10.1. The zero-order valence-electron chi connectivity index (χ0n) is 8.99.